The van der Waals surface area contributed by atoms with Crippen molar-refractivity contribution in [3.8, 4) is 11.5 Å². The van der Waals surface area contributed by atoms with Crippen molar-refractivity contribution in [3.63, 3.8) is 0 Å². The van der Waals surface area contributed by atoms with Crippen LogP contribution in [-0.4, -0.2) is 44.3 Å². The Morgan fingerprint density at radius 3 is 2.68 bits per heavy atom. The zero-order chi connectivity index (χ0) is 18.1. The molecule has 1 N–H and O–H groups in total. The second-order valence-corrected chi connectivity index (χ2v) is 6.00. The monoisotopic (exact) mass is 362 g/mol. The van der Waals surface area contributed by atoms with Gasteiger partial charge in [-0.3, -0.25) is 0 Å². The summed E-state index contributed by atoms with van der Waals surface area (Å²) in [4.78, 5) is 13.6. The van der Waals surface area contributed by atoms with Crippen LogP contribution in [-0.2, 0) is 0 Å². The summed E-state index contributed by atoms with van der Waals surface area (Å²) in [5, 5.41) is 3.37. The van der Waals surface area contributed by atoms with Crippen molar-refractivity contribution in [2.24, 2.45) is 0 Å². The highest BCUT2D eigenvalue weighted by Gasteiger charge is 2.08. The van der Waals surface area contributed by atoms with Crippen LogP contribution < -0.4 is 14.8 Å². The molecule has 0 aliphatic heterocycles. The van der Waals surface area contributed by atoms with Crippen LogP contribution in [0.3, 0.4) is 0 Å². The number of hydrogen-bond acceptors (Lipinski definition) is 3. The summed E-state index contributed by atoms with van der Waals surface area (Å²) in [5.74, 6) is 1.42. The van der Waals surface area contributed by atoms with Gasteiger partial charge in [0.05, 0.1) is 18.1 Å². The van der Waals surface area contributed by atoms with Crippen LogP contribution in [0.25, 0.3) is 0 Å². The first-order valence-electron chi connectivity index (χ1n) is 8.12. The van der Waals surface area contributed by atoms with E-state index in [-0.39, 0.29) is 6.03 Å². The normalized spacial score (nSPS) is 10.2. The Kier molecular flexibility index (Phi) is 7.41. The van der Waals surface area contributed by atoms with Crippen molar-refractivity contribution in [2.75, 3.05) is 33.4 Å². The maximum atomic E-state index is 12.0. The fraction of sp³-hybridized carbons (Fsp3) is 0.316. The molecule has 0 radical (unpaired) electrons. The predicted octanol–water partition coefficient (Wildman–Crippen LogP) is 3.75. The zero-order valence-electron chi connectivity index (χ0n) is 14.5. The molecular formula is C19H23ClN2O3. The first-order valence-corrected chi connectivity index (χ1v) is 8.50. The lowest BCUT2D eigenvalue weighted by Crippen LogP contribution is -2.40. The molecule has 0 unspecified atom stereocenters. The minimum Gasteiger partial charge on any atom is -0.492 e. The molecule has 2 amide bonds. The fourth-order valence-electron chi connectivity index (χ4n) is 2.12. The zero-order valence-corrected chi connectivity index (χ0v) is 15.3. The lowest BCUT2D eigenvalue weighted by Gasteiger charge is -2.18. The van der Waals surface area contributed by atoms with Gasteiger partial charge in [-0.1, -0.05) is 35.9 Å². The molecule has 0 aliphatic carbocycles. The second-order valence-electron chi connectivity index (χ2n) is 5.60. The molecule has 0 atom stereocenters. The van der Waals surface area contributed by atoms with Gasteiger partial charge in [-0.25, -0.2) is 4.79 Å². The SMILES string of the molecule is Cc1cccc(OCCNC(=O)N(C)CCOc2ccccc2Cl)c1. The van der Waals surface area contributed by atoms with E-state index >= 15 is 0 Å². The van der Waals surface area contributed by atoms with Gasteiger partial charge in [0.25, 0.3) is 0 Å². The number of rotatable bonds is 8. The number of para-hydroxylation sites is 1. The smallest absolute Gasteiger partial charge is 0.317 e. The molecular weight excluding hydrogens is 340 g/mol. The van der Waals surface area contributed by atoms with Gasteiger partial charge in [0.1, 0.15) is 24.7 Å². The molecule has 2 rings (SSSR count). The molecule has 0 aromatic heterocycles. The molecule has 2 aromatic carbocycles. The number of hydrogen-bond donors (Lipinski definition) is 1. The number of ether oxygens (including phenoxy) is 2. The van der Waals surface area contributed by atoms with E-state index in [0.29, 0.717) is 37.1 Å². The van der Waals surface area contributed by atoms with Crippen LogP contribution in [0.5, 0.6) is 11.5 Å². The van der Waals surface area contributed by atoms with E-state index in [4.69, 9.17) is 21.1 Å². The van der Waals surface area contributed by atoms with Crippen molar-refractivity contribution < 1.29 is 14.3 Å². The van der Waals surface area contributed by atoms with E-state index in [0.717, 1.165) is 11.3 Å². The Hall–Kier alpha value is -2.40. The van der Waals surface area contributed by atoms with Crippen LogP contribution in [0.2, 0.25) is 5.02 Å². The lowest BCUT2D eigenvalue weighted by molar-refractivity contribution is 0.192. The van der Waals surface area contributed by atoms with Crippen molar-refractivity contribution in [2.45, 2.75) is 6.92 Å². The van der Waals surface area contributed by atoms with Gasteiger partial charge in [-0.05, 0) is 36.8 Å². The predicted molar refractivity (Wildman–Crippen MR) is 99.6 cm³/mol. The Bertz CT molecular complexity index is 694. The second kappa shape index (κ2) is 9.79. The van der Waals surface area contributed by atoms with E-state index in [1.807, 2.05) is 43.3 Å². The number of nitrogens with one attached hydrogen (secondary N) is 1. The molecule has 134 valence electrons. The number of aryl methyl sites for hydroxylation is 1. The number of amides is 2. The van der Waals surface area contributed by atoms with E-state index in [2.05, 4.69) is 5.32 Å². The van der Waals surface area contributed by atoms with Crippen LogP contribution in [0.4, 0.5) is 4.79 Å². The number of nitrogens with zero attached hydrogens (tertiary/aromatic N) is 1. The first-order chi connectivity index (χ1) is 12.1. The van der Waals surface area contributed by atoms with Gasteiger partial charge >= 0.3 is 6.03 Å². The third-order valence-corrected chi connectivity index (χ3v) is 3.82. The summed E-state index contributed by atoms with van der Waals surface area (Å²) < 4.78 is 11.2. The molecule has 5 nitrogen and oxygen atoms in total. The number of halogens is 1. The van der Waals surface area contributed by atoms with Crippen LogP contribution in [0.15, 0.2) is 48.5 Å². The minimum absolute atomic E-state index is 0.171. The highest BCUT2D eigenvalue weighted by molar-refractivity contribution is 6.32. The number of likely N-dealkylation sites (N-methyl/N-ethyl adjacent to an activating group) is 1. The lowest BCUT2D eigenvalue weighted by atomic mass is 10.2. The van der Waals surface area contributed by atoms with Gasteiger partial charge in [0, 0.05) is 7.05 Å². The van der Waals surface area contributed by atoms with Crippen molar-refractivity contribution in [1.82, 2.24) is 10.2 Å². The average molecular weight is 363 g/mol. The maximum absolute atomic E-state index is 12.0. The third kappa shape index (κ3) is 6.55. The van der Waals surface area contributed by atoms with E-state index in [1.165, 1.54) is 0 Å². The summed E-state index contributed by atoms with van der Waals surface area (Å²) in [7, 11) is 1.71. The summed E-state index contributed by atoms with van der Waals surface area (Å²) in [6, 6.07) is 14.9. The highest BCUT2D eigenvalue weighted by Crippen LogP contribution is 2.22. The fourth-order valence-corrected chi connectivity index (χ4v) is 2.31. The Balaban J connectivity index is 1.62. The van der Waals surface area contributed by atoms with Gasteiger partial charge in [0.2, 0.25) is 0 Å². The highest BCUT2D eigenvalue weighted by atomic mass is 35.5. The largest absolute Gasteiger partial charge is 0.492 e. The standard InChI is InChI=1S/C19H23ClN2O3/c1-15-6-5-7-16(14-15)24-12-10-21-19(23)22(2)11-13-25-18-9-4-3-8-17(18)20/h3-9,14H,10-13H2,1-2H3,(H,21,23). The molecule has 2 aromatic rings. The summed E-state index contributed by atoms with van der Waals surface area (Å²) in [6.07, 6.45) is 0. The van der Waals surface area contributed by atoms with Gasteiger partial charge < -0.3 is 19.7 Å². The maximum Gasteiger partial charge on any atom is 0.317 e. The van der Waals surface area contributed by atoms with Crippen molar-refractivity contribution >= 4 is 17.6 Å². The summed E-state index contributed by atoms with van der Waals surface area (Å²) in [6.45, 7) is 3.68. The number of urea groups is 1. The molecule has 0 saturated heterocycles. The van der Waals surface area contributed by atoms with Crippen molar-refractivity contribution in [3.05, 3.63) is 59.1 Å². The van der Waals surface area contributed by atoms with Crippen LogP contribution >= 0.6 is 11.6 Å². The van der Waals surface area contributed by atoms with Crippen LogP contribution in [0.1, 0.15) is 5.56 Å². The topological polar surface area (TPSA) is 50.8 Å². The molecule has 25 heavy (non-hydrogen) atoms. The molecule has 0 fully saturated rings. The quantitative estimate of drug-likeness (QED) is 0.728. The summed E-state index contributed by atoms with van der Waals surface area (Å²) in [5.41, 5.74) is 1.14. The molecule has 0 aliphatic rings. The Morgan fingerprint density at radius 1 is 1.12 bits per heavy atom. The molecule has 0 bridgehead atoms. The Labute approximate surface area is 153 Å². The van der Waals surface area contributed by atoms with Gasteiger partial charge in [0.15, 0.2) is 0 Å². The number of carbonyl (C=O) groups is 1. The van der Waals surface area contributed by atoms with E-state index in [9.17, 15) is 4.79 Å². The third-order valence-electron chi connectivity index (χ3n) is 3.50. The Morgan fingerprint density at radius 2 is 1.92 bits per heavy atom. The molecule has 6 heteroatoms. The molecule has 0 spiro atoms. The summed E-state index contributed by atoms with van der Waals surface area (Å²) >= 11 is 6.02. The number of carbonyl (C=O) groups excluding carboxylic acids is 1. The van der Waals surface area contributed by atoms with Gasteiger partial charge in [-0.2, -0.15) is 0 Å². The molecule has 0 saturated carbocycles. The van der Waals surface area contributed by atoms with E-state index < -0.39 is 0 Å². The minimum atomic E-state index is -0.171. The van der Waals surface area contributed by atoms with Gasteiger partial charge in [-0.15, -0.1) is 0 Å². The van der Waals surface area contributed by atoms with Crippen molar-refractivity contribution in [1.29, 1.82) is 0 Å². The van der Waals surface area contributed by atoms with E-state index in [1.54, 1.807) is 24.1 Å². The molecule has 0 heterocycles. The van der Waals surface area contributed by atoms with Crippen LogP contribution in [0, 0.1) is 6.92 Å². The first kappa shape index (κ1) is 18.9. The average Bonchev–Trinajstić information content (AvgIpc) is 2.60. The number of benzene rings is 2.